The molecule has 0 aliphatic carbocycles. The molecule has 0 saturated carbocycles. The van der Waals surface area contributed by atoms with Crippen molar-refractivity contribution in [2.75, 3.05) is 13.4 Å². The molecule has 21 heavy (non-hydrogen) atoms. The number of carbonyl (C=O) groups excluding carboxylic acids is 1. The summed E-state index contributed by atoms with van der Waals surface area (Å²) in [5.74, 6) is -0.0257. The molecule has 1 aromatic carbocycles. The zero-order valence-corrected chi connectivity index (χ0v) is 13.7. The fraction of sp³-hybridized carbons (Fsp3) is 0.438. The second-order valence-electron chi connectivity index (χ2n) is 5.16. The van der Waals surface area contributed by atoms with Gasteiger partial charge in [0, 0.05) is 25.3 Å². The molecular weight excluding hydrogens is 288 g/mol. The number of rotatable bonds is 7. The molecule has 0 bridgehead atoms. The molecule has 0 aliphatic heterocycles. The van der Waals surface area contributed by atoms with Crippen molar-refractivity contribution in [1.29, 1.82) is 0 Å². The Labute approximate surface area is 126 Å². The Balaban J connectivity index is 2.84. The molecule has 1 rings (SSSR count). The van der Waals surface area contributed by atoms with E-state index in [-0.39, 0.29) is 12.2 Å². The Morgan fingerprint density at radius 3 is 2.33 bits per heavy atom. The molecular formula is C16H22O4S. The predicted molar refractivity (Wildman–Crippen MR) is 84.2 cm³/mol. The van der Waals surface area contributed by atoms with Gasteiger partial charge in [0.15, 0.2) is 15.6 Å². The summed E-state index contributed by atoms with van der Waals surface area (Å²) in [6.07, 6.45) is 2.61. The minimum Gasteiger partial charge on any atom is -0.377 e. The maximum absolute atomic E-state index is 12.2. The number of carbonyl (C=O) groups is 1. The van der Waals surface area contributed by atoms with Crippen LogP contribution in [-0.4, -0.2) is 38.9 Å². The first kappa shape index (κ1) is 17.6. The largest absolute Gasteiger partial charge is 0.377 e. The highest BCUT2D eigenvalue weighted by Gasteiger charge is 2.19. The first-order valence-corrected chi connectivity index (χ1v) is 8.69. The van der Waals surface area contributed by atoms with Gasteiger partial charge in [-0.3, -0.25) is 4.79 Å². The van der Waals surface area contributed by atoms with E-state index in [9.17, 15) is 13.2 Å². The van der Waals surface area contributed by atoms with E-state index in [4.69, 9.17) is 4.74 Å². The van der Waals surface area contributed by atoms with Gasteiger partial charge in [0.2, 0.25) is 0 Å². The summed E-state index contributed by atoms with van der Waals surface area (Å²) >= 11 is 0. The fourth-order valence-electron chi connectivity index (χ4n) is 1.94. The number of hydrogen-bond acceptors (Lipinski definition) is 4. The molecule has 0 amide bonds. The van der Waals surface area contributed by atoms with Crippen molar-refractivity contribution in [3.8, 4) is 0 Å². The van der Waals surface area contributed by atoms with Crippen molar-refractivity contribution in [2.45, 2.75) is 31.6 Å². The number of ketones is 1. The average molecular weight is 310 g/mol. The van der Waals surface area contributed by atoms with E-state index < -0.39 is 21.2 Å². The maximum Gasteiger partial charge on any atom is 0.165 e. The molecule has 0 fully saturated rings. The molecule has 2 atom stereocenters. The molecule has 0 aromatic heterocycles. The van der Waals surface area contributed by atoms with Crippen LogP contribution in [-0.2, 0) is 14.6 Å². The zero-order valence-electron chi connectivity index (χ0n) is 12.9. The fourth-order valence-corrected chi connectivity index (χ4v) is 2.40. The Morgan fingerprint density at radius 2 is 1.86 bits per heavy atom. The van der Waals surface area contributed by atoms with Gasteiger partial charge >= 0.3 is 0 Å². The van der Waals surface area contributed by atoms with Crippen LogP contribution in [0.4, 0.5) is 0 Å². The summed E-state index contributed by atoms with van der Waals surface area (Å²) in [6, 6.07) is 8.98. The van der Waals surface area contributed by atoms with E-state index in [2.05, 4.69) is 0 Å². The summed E-state index contributed by atoms with van der Waals surface area (Å²) < 4.78 is 28.3. The highest BCUT2D eigenvalue weighted by Crippen LogP contribution is 2.16. The van der Waals surface area contributed by atoms with Gasteiger partial charge in [0.1, 0.15) is 0 Å². The van der Waals surface area contributed by atoms with Gasteiger partial charge in [0.05, 0.1) is 11.4 Å². The third-order valence-corrected chi connectivity index (χ3v) is 4.92. The molecule has 0 radical (unpaired) electrons. The van der Waals surface area contributed by atoms with Crippen LogP contribution in [0.1, 0.15) is 30.6 Å². The molecule has 0 spiro atoms. The Hall–Kier alpha value is -1.46. The van der Waals surface area contributed by atoms with Crippen LogP contribution in [0.15, 0.2) is 42.0 Å². The van der Waals surface area contributed by atoms with Gasteiger partial charge in [-0.2, -0.15) is 0 Å². The lowest BCUT2D eigenvalue weighted by molar-refractivity contribution is 0.0830. The maximum atomic E-state index is 12.2. The number of sulfone groups is 1. The lowest BCUT2D eigenvalue weighted by atomic mass is 10.0. The molecule has 0 heterocycles. The van der Waals surface area contributed by atoms with Crippen molar-refractivity contribution >= 4 is 15.6 Å². The summed E-state index contributed by atoms with van der Waals surface area (Å²) in [5, 5.41) is -0.595. The normalized spacial score (nSPS) is 15.5. The van der Waals surface area contributed by atoms with Crippen molar-refractivity contribution in [3.05, 3.63) is 47.5 Å². The third kappa shape index (κ3) is 5.44. The molecule has 1 aromatic rings. The molecule has 4 nitrogen and oxygen atoms in total. The summed E-state index contributed by atoms with van der Waals surface area (Å²) in [6.45, 7) is 3.40. The molecule has 0 saturated heterocycles. The lowest BCUT2D eigenvalue weighted by Gasteiger charge is -2.17. The summed E-state index contributed by atoms with van der Waals surface area (Å²) in [5.41, 5.74) is 1.38. The summed E-state index contributed by atoms with van der Waals surface area (Å²) in [4.78, 5) is 12.2. The number of hydrogen-bond donors (Lipinski definition) is 0. The first-order valence-electron chi connectivity index (χ1n) is 6.74. The first-order chi connectivity index (χ1) is 9.75. The van der Waals surface area contributed by atoms with Crippen molar-refractivity contribution in [1.82, 2.24) is 0 Å². The molecule has 0 unspecified atom stereocenters. The SMILES string of the molecule is CO[C@H](CC(=O)c1ccccc1)/C(C)=C\[C@H](C)S(C)(=O)=O. The van der Waals surface area contributed by atoms with Gasteiger partial charge in [0.25, 0.3) is 0 Å². The number of ether oxygens (including phenoxy) is 1. The predicted octanol–water partition coefficient (Wildman–Crippen LogP) is 2.65. The molecule has 5 heteroatoms. The standard InChI is InChI=1S/C16H22O4S/c1-12(10-13(2)21(4,18)19)16(20-3)11-15(17)14-8-6-5-7-9-14/h5-10,13,16H,11H2,1-4H3/b12-10-/t13-,16+/m0/s1. The topological polar surface area (TPSA) is 60.4 Å². The van der Waals surface area contributed by atoms with E-state index in [1.165, 1.54) is 13.4 Å². The summed E-state index contributed by atoms with van der Waals surface area (Å²) in [7, 11) is -1.62. The van der Waals surface area contributed by atoms with Gasteiger partial charge in [-0.15, -0.1) is 0 Å². The molecule has 0 aliphatic rings. The lowest BCUT2D eigenvalue weighted by Crippen LogP contribution is -2.20. The smallest absolute Gasteiger partial charge is 0.165 e. The average Bonchev–Trinajstić information content (AvgIpc) is 2.44. The monoisotopic (exact) mass is 310 g/mol. The van der Waals surface area contributed by atoms with Gasteiger partial charge < -0.3 is 4.74 Å². The number of methoxy groups -OCH3 is 1. The van der Waals surface area contributed by atoms with Crippen LogP contribution in [0.2, 0.25) is 0 Å². The Morgan fingerprint density at radius 1 is 1.29 bits per heavy atom. The number of benzene rings is 1. The highest BCUT2D eigenvalue weighted by molar-refractivity contribution is 7.91. The second kappa shape index (κ2) is 7.52. The van der Waals surface area contributed by atoms with Crippen molar-refractivity contribution < 1.29 is 17.9 Å². The van der Waals surface area contributed by atoms with E-state index in [1.807, 2.05) is 18.2 Å². The third-order valence-electron chi connectivity index (χ3n) is 3.43. The van der Waals surface area contributed by atoms with E-state index in [0.29, 0.717) is 5.56 Å². The van der Waals surface area contributed by atoms with Crippen LogP contribution in [0.5, 0.6) is 0 Å². The highest BCUT2D eigenvalue weighted by atomic mass is 32.2. The quantitative estimate of drug-likeness (QED) is 0.574. The Bertz CT molecular complexity index is 602. The molecule has 116 valence electrons. The van der Waals surface area contributed by atoms with Crippen molar-refractivity contribution in [2.24, 2.45) is 0 Å². The van der Waals surface area contributed by atoms with E-state index in [0.717, 1.165) is 5.57 Å². The van der Waals surface area contributed by atoms with Gasteiger partial charge in [-0.25, -0.2) is 8.42 Å². The van der Waals surface area contributed by atoms with Crippen molar-refractivity contribution in [3.63, 3.8) is 0 Å². The van der Waals surface area contributed by atoms with Crippen LogP contribution < -0.4 is 0 Å². The van der Waals surface area contributed by atoms with Crippen LogP contribution in [0.3, 0.4) is 0 Å². The van der Waals surface area contributed by atoms with Crippen LogP contribution in [0.25, 0.3) is 0 Å². The Kier molecular flexibility index (Phi) is 6.30. The minimum absolute atomic E-state index is 0.0257. The zero-order chi connectivity index (χ0) is 16.0. The van der Waals surface area contributed by atoms with Crippen LogP contribution >= 0.6 is 0 Å². The molecule has 0 N–H and O–H groups in total. The van der Waals surface area contributed by atoms with Crippen LogP contribution in [0, 0.1) is 0 Å². The van der Waals surface area contributed by atoms with E-state index >= 15 is 0 Å². The number of Topliss-reactive ketones (excluding diaryl/α,β-unsaturated/α-hetero) is 1. The van der Waals surface area contributed by atoms with Gasteiger partial charge in [-0.1, -0.05) is 36.4 Å². The van der Waals surface area contributed by atoms with Gasteiger partial charge in [-0.05, 0) is 19.4 Å². The minimum atomic E-state index is -3.14. The van der Waals surface area contributed by atoms with E-state index in [1.54, 1.807) is 32.1 Å². The second-order valence-corrected chi connectivity index (χ2v) is 7.57.